The van der Waals surface area contributed by atoms with E-state index in [1.165, 1.54) is 22.3 Å². The van der Waals surface area contributed by atoms with Gasteiger partial charge in [-0.3, -0.25) is 29.8 Å². The smallest absolute Gasteiger partial charge is 0.312 e. The van der Waals surface area contributed by atoms with E-state index in [0.717, 1.165) is 28.0 Å². The van der Waals surface area contributed by atoms with Crippen molar-refractivity contribution in [1.29, 1.82) is 0 Å². The Bertz CT molecular complexity index is 1600. The number of benzene rings is 4. The number of carbonyl (C=O) groups excluding carboxylic acids is 1. The van der Waals surface area contributed by atoms with Crippen LogP contribution in [0.3, 0.4) is 0 Å². The van der Waals surface area contributed by atoms with Crippen LogP contribution in [0.15, 0.2) is 97.1 Å². The third kappa shape index (κ3) is 26.8. The Kier molecular flexibility index (Phi) is 34.3. The Morgan fingerprint density at radius 1 is 0.611 bits per heavy atom. The molecule has 0 heterocycles. The number of rotatable bonds is 15. The molecule has 0 saturated carbocycles. The van der Waals surface area contributed by atoms with Crippen molar-refractivity contribution < 1.29 is 57.3 Å². The molecular formula is C38H53BrN2O10P2V. The molecule has 0 aliphatic rings. The van der Waals surface area contributed by atoms with Crippen LogP contribution in [0.1, 0.15) is 61.1 Å². The van der Waals surface area contributed by atoms with Gasteiger partial charge < -0.3 is 19.3 Å². The maximum atomic E-state index is 11.3. The molecule has 0 aliphatic heterocycles. The van der Waals surface area contributed by atoms with Gasteiger partial charge in [0.05, 0.1) is 0 Å². The van der Waals surface area contributed by atoms with Crippen LogP contribution in [0.2, 0.25) is 0 Å². The number of carbonyl (C=O) groups is 2. The molecule has 0 amide bonds. The number of esters is 1. The van der Waals surface area contributed by atoms with Crippen molar-refractivity contribution >= 4 is 47.7 Å². The van der Waals surface area contributed by atoms with Gasteiger partial charge in [-0.1, -0.05) is 115 Å². The average molecular weight is 891 g/mol. The van der Waals surface area contributed by atoms with Gasteiger partial charge in [0, 0.05) is 33.7 Å². The zero-order chi connectivity index (χ0) is 36.0. The number of carboxylic acid groups (broad SMARTS) is 1. The van der Waals surface area contributed by atoms with Crippen molar-refractivity contribution in [3.05, 3.63) is 151 Å². The summed E-state index contributed by atoms with van der Waals surface area (Å²) >= 11 is 3.42. The molecule has 0 fully saturated rings. The number of nitro groups is 2. The first-order valence-corrected chi connectivity index (χ1v) is 16.3. The Morgan fingerprint density at radius 3 is 1.28 bits per heavy atom. The summed E-state index contributed by atoms with van der Waals surface area (Å²) in [5, 5.41) is 28.4. The summed E-state index contributed by atoms with van der Waals surface area (Å²) in [6.45, 7) is 4.41. The van der Waals surface area contributed by atoms with Crippen molar-refractivity contribution in [2.45, 2.75) is 66.7 Å². The Morgan fingerprint density at radius 2 is 0.944 bits per heavy atom. The normalized spacial score (nSPS) is 9.02. The first-order chi connectivity index (χ1) is 23.4. The number of aliphatic carboxylic acids is 1. The molecule has 2 unspecified atom stereocenters. The fraction of sp³-hybridized carbons (Fsp3) is 0.316. The Balaban J connectivity index is -0.000000368. The summed E-state index contributed by atoms with van der Waals surface area (Å²) < 4.78 is 16.4. The van der Waals surface area contributed by atoms with Gasteiger partial charge in [0.2, 0.25) is 13.1 Å². The SMILES string of the molecule is C.C.Cc1ccc(COc2ccc(CBr)cc2)cc1.Cc1ccc(COc2ccc(COC(=O)CC[N+](=O)[O-])cc2)cc1.O=C(O)CC[N+](=O)[O-].P.P.[V]. The first kappa shape index (κ1) is 56.9. The minimum absolute atomic E-state index is 0. The van der Waals surface area contributed by atoms with Crippen molar-refractivity contribution in [1.82, 2.24) is 0 Å². The average Bonchev–Trinajstić information content (AvgIpc) is 3.09. The monoisotopic (exact) mass is 889 g/mol. The summed E-state index contributed by atoms with van der Waals surface area (Å²) in [4.78, 5) is 39.3. The van der Waals surface area contributed by atoms with Crippen molar-refractivity contribution in [3.63, 3.8) is 0 Å². The van der Waals surface area contributed by atoms with E-state index in [2.05, 4.69) is 59.3 Å². The second-order valence-corrected chi connectivity index (χ2v) is 11.2. The van der Waals surface area contributed by atoms with Crippen LogP contribution in [0.5, 0.6) is 11.5 Å². The van der Waals surface area contributed by atoms with Crippen LogP contribution < -0.4 is 9.47 Å². The molecule has 54 heavy (non-hydrogen) atoms. The Labute approximate surface area is 345 Å². The van der Waals surface area contributed by atoms with Gasteiger partial charge in [0.25, 0.3) is 0 Å². The van der Waals surface area contributed by atoms with Crippen LogP contribution in [0.4, 0.5) is 0 Å². The molecule has 0 saturated heterocycles. The number of ether oxygens (including phenoxy) is 3. The standard InChI is InChI=1S/C18H19NO5.C15H15BrO.C3H5NO4.2CH4.2H3P.V/c1-14-2-4-15(5-3-14)12-23-17-8-6-16(7-9-17)13-24-18(20)10-11-19(21)22;1-12-2-4-14(5-3-12)11-17-15-8-6-13(10-16)7-9-15;5-3(6)1-2-4(7)8;;;;;/h2-9H,10-13H2,1H3;2-9H,10-11H2,1H3;1-2H2,(H,5,6);2*1H4;2*1H3;. The van der Waals surface area contributed by atoms with Crippen LogP contribution >= 0.6 is 35.7 Å². The zero-order valence-electron chi connectivity index (χ0n) is 29.1. The topological polar surface area (TPSA) is 168 Å². The molecule has 16 heteroatoms. The van der Waals surface area contributed by atoms with E-state index in [1.54, 1.807) is 24.3 Å². The van der Waals surface area contributed by atoms with Crippen molar-refractivity contribution in [2.75, 3.05) is 13.1 Å². The quantitative estimate of drug-likeness (QED) is 0.0400. The van der Waals surface area contributed by atoms with Gasteiger partial charge in [0.15, 0.2) is 0 Å². The third-order valence-electron chi connectivity index (χ3n) is 6.46. The van der Waals surface area contributed by atoms with E-state index in [1.807, 2.05) is 43.3 Å². The molecule has 297 valence electrons. The molecular weight excluding hydrogens is 837 g/mol. The third-order valence-corrected chi connectivity index (χ3v) is 7.11. The predicted octanol–water partition coefficient (Wildman–Crippen LogP) is 8.88. The van der Waals surface area contributed by atoms with Crippen LogP contribution in [-0.4, -0.2) is 40.0 Å². The van der Waals surface area contributed by atoms with Crippen molar-refractivity contribution in [3.8, 4) is 11.5 Å². The van der Waals surface area contributed by atoms with E-state index in [-0.39, 0.29) is 66.2 Å². The van der Waals surface area contributed by atoms with E-state index in [4.69, 9.17) is 19.3 Å². The van der Waals surface area contributed by atoms with Gasteiger partial charge >= 0.3 is 11.9 Å². The molecule has 1 N–H and O–H groups in total. The molecule has 0 aromatic heterocycles. The number of aryl methyl sites for hydroxylation is 2. The number of carboxylic acids is 1. The molecule has 0 aliphatic carbocycles. The summed E-state index contributed by atoms with van der Waals surface area (Å²) in [7, 11) is 0. The molecule has 4 aromatic rings. The molecule has 4 rings (SSSR count). The van der Waals surface area contributed by atoms with Gasteiger partial charge in [-0.25, -0.2) is 0 Å². The number of halogens is 1. The summed E-state index contributed by atoms with van der Waals surface area (Å²) in [6.07, 6.45) is -0.613. The largest absolute Gasteiger partial charge is 0.489 e. The summed E-state index contributed by atoms with van der Waals surface area (Å²) in [6, 6.07) is 31.9. The van der Waals surface area contributed by atoms with E-state index >= 15 is 0 Å². The maximum Gasteiger partial charge on any atom is 0.312 e. The minimum atomic E-state index is -1.14. The molecule has 12 nitrogen and oxygen atoms in total. The van der Waals surface area contributed by atoms with Gasteiger partial charge in [-0.2, -0.15) is 19.8 Å². The minimum Gasteiger partial charge on any atom is -0.489 e. The molecule has 0 bridgehead atoms. The first-order valence-electron chi connectivity index (χ1n) is 15.1. The van der Waals surface area contributed by atoms with Crippen LogP contribution in [-0.2, 0) is 58.0 Å². The maximum absolute atomic E-state index is 11.3. The Hall–Kier alpha value is -3.86. The number of alkyl halides is 1. The van der Waals surface area contributed by atoms with E-state index < -0.39 is 41.3 Å². The number of hydrogen-bond donors (Lipinski definition) is 1. The van der Waals surface area contributed by atoms with Crippen molar-refractivity contribution in [2.24, 2.45) is 0 Å². The molecule has 0 spiro atoms. The molecule has 2 atom stereocenters. The summed E-state index contributed by atoms with van der Waals surface area (Å²) in [5.41, 5.74) is 6.82. The van der Waals surface area contributed by atoms with Gasteiger partial charge in [-0.05, 0) is 60.4 Å². The van der Waals surface area contributed by atoms with Crippen LogP contribution in [0, 0.1) is 34.1 Å². The van der Waals surface area contributed by atoms with Gasteiger partial charge in [-0.15, -0.1) is 0 Å². The van der Waals surface area contributed by atoms with Gasteiger partial charge in [0.1, 0.15) is 44.2 Å². The second-order valence-electron chi connectivity index (χ2n) is 10.6. The van der Waals surface area contributed by atoms with Crippen LogP contribution in [0.25, 0.3) is 0 Å². The number of hydrogen-bond acceptors (Lipinski definition) is 9. The summed E-state index contributed by atoms with van der Waals surface area (Å²) in [5.74, 6) is -0.0811. The van der Waals surface area contributed by atoms with E-state index in [0.29, 0.717) is 13.2 Å². The zero-order valence-corrected chi connectivity index (χ0v) is 35.0. The second kappa shape index (κ2) is 32.6. The molecule has 1 radical (unpaired) electrons. The molecule has 4 aromatic carbocycles. The fourth-order valence-electron chi connectivity index (χ4n) is 3.66. The van der Waals surface area contributed by atoms with E-state index in [9.17, 15) is 29.8 Å². The number of nitrogens with zero attached hydrogens (tertiary/aromatic N) is 2. The predicted molar refractivity (Wildman–Crippen MR) is 223 cm³/mol. The fourth-order valence-corrected chi connectivity index (χ4v) is 4.04.